The van der Waals surface area contributed by atoms with E-state index in [1.807, 2.05) is 36.4 Å². The molecule has 2 rings (SSSR count). The van der Waals surface area contributed by atoms with E-state index in [9.17, 15) is 18.0 Å². The van der Waals surface area contributed by atoms with Gasteiger partial charge in [-0.1, -0.05) is 24.3 Å². The number of ether oxygens (including phenoxy) is 1. The van der Waals surface area contributed by atoms with Crippen LogP contribution in [0.3, 0.4) is 0 Å². The van der Waals surface area contributed by atoms with Gasteiger partial charge in [0.05, 0.1) is 5.56 Å². The van der Waals surface area contributed by atoms with Crippen LogP contribution in [0.5, 0.6) is 0 Å². The van der Waals surface area contributed by atoms with Crippen LogP contribution in [-0.4, -0.2) is 18.8 Å². The summed E-state index contributed by atoms with van der Waals surface area (Å²) in [7, 11) is 0. The van der Waals surface area contributed by atoms with E-state index in [0.717, 1.165) is 7.14 Å². The number of hydrogen-bond donors (Lipinski definition) is 0. The number of esters is 1. The van der Waals surface area contributed by atoms with Gasteiger partial charge in [0.25, 0.3) is 0 Å². The highest BCUT2D eigenvalue weighted by Crippen LogP contribution is 2.15. The molecule has 0 fully saturated rings. The number of halogens is 4. The van der Waals surface area contributed by atoms with Crippen molar-refractivity contribution in [2.45, 2.75) is 6.18 Å². The first-order valence-corrected chi connectivity index (χ1v) is 8.13. The summed E-state index contributed by atoms with van der Waals surface area (Å²) in [5, 5.41) is 0. The lowest BCUT2D eigenvalue weighted by atomic mass is 10.2. The molecule has 0 amide bonds. The molecule has 2 aromatic rings. The van der Waals surface area contributed by atoms with E-state index < -0.39 is 40.0 Å². The molecule has 0 aliphatic heterocycles. The highest BCUT2D eigenvalue weighted by atomic mass is 127. The summed E-state index contributed by atoms with van der Waals surface area (Å²) >= 11 is -0.477. The molecule has 0 saturated heterocycles. The van der Waals surface area contributed by atoms with Crippen molar-refractivity contribution in [3.05, 3.63) is 67.3 Å². The third kappa shape index (κ3) is 5.37. The third-order valence-electron chi connectivity index (χ3n) is 2.38. The first kappa shape index (κ1) is 15.8. The number of benzene rings is 2. The second kappa shape index (κ2) is 6.93. The van der Waals surface area contributed by atoms with Gasteiger partial charge >= 0.3 is 33.4 Å². The molecule has 0 bridgehead atoms. The smallest absolute Gasteiger partial charge is 0.422 e. The average molecular weight is 407 g/mol. The Kier molecular flexibility index (Phi) is 5.22. The van der Waals surface area contributed by atoms with E-state index in [1.54, 1.807) is 12.1 Å². The van der Waals surface area contributed by atoms with Gasteiger partial charge in [0.2, 0.25) is 0 Å². The number of carbonyl (C=O) groups is 1. The van der Waals surface area contributed by atoms with Crippen LogP contribution in [0.2, 0.25) is 0 Å². The number of alkyl halides is 3. The van der Waals surface area contributed by atoms with Gasteiger partial charge in [0, 0.05) is 6.07 Å². The fourth-order valence-corrected chi connectivity index (χ4v) is 3.88. The zero-order valence-electron chi connectivity index (χ0n) is 10.7. The lowest BCUT2D eigenvalue weighted by Crippen LogP contribution is -3.61. The highest BCUT2D eigenvalue weighted by molar-refractivity contribution is 5.89. The minimum Gasteiger partial charge on any atom is -0.452 e. The Bertz CT molecular complexity index is 612. The molecule has 110 valence electrons. The van der Waals surface area contributed by atoms with Crippen LogP contribution >= 0.6 is 0 Å². The van der Waals surface area contributed by atoms with E-state index in [0.29, 0.717) is 0 Å². The zero-order valence-corrected chi connectivity index (χ0v) is 12.9. The molecule has 21 heavy (non-hydrogen) atoms. The Balaban J connectivity index is 2.05. The molecule has 0 aliphatic carbocycles. The Morgan fingerprint density at radius 1 is 1.00 bits per heavy atom. The first-order valence-electron chi connectivity index (χ1n) is 5.98. The number of carbonyl (C=O) groups excluding carboxylic acids is 1. The maximum Gasteiger partial charge on any atom is 0.422 e. The highest BCUT2D eigenvalue weighted by Gasteiger charge is 2.30. The molecule has 2 nitrogen and oxygen atoms in total. The topological polar surface area (TPSA) is 26.3 Å². The Morgan fingerprint density at radius 3 is 2.33 bits per heavy atom. The van der Waals surface area contributed by atoms with E-state index in [2.05, 4.69) is 4.74 Å². The van der Waals surface area contributed by atoms with Gasteiger partial charge in [-0.3, -0.25) is 0 Å². The lowest BCUT2D eigenvalue weighted by Gasteiger charge is -2.07. The largest absolute Gasteiger partial charge is 0.452 e. The van der Waals surface area contributed by atoms with E-state index in [1.165, 1.54) is 6.07 Å². The van der Waals surface area contributed by atoms with Crippen LogP contribution in [0.15, 0.2) is 54.6 Å². The molecule has 0 radical (unpaired) electrons. The summed E-state index contributed by atoms with van der Waals surface area (Å²) in [5.74, 6) is -0.953. The monoisotopic (exact) mass is 407 g/mol. The summed E-state index contributed by atoms with van der Waals surface area (Å²) in [4.78, 5) is 11.6. The molecule has 0 heterocycles. The molecule has 0 aliphatic rings. The van der Waals surface area contributed by atoms with Gasteiger partial charge in [-0.15, -0.1) is 0 Å². The van der Waals surface area contributed by atoms with Crippen molar-refractivity contribution in [1.82, 2.24) is 0 Å². The van der Waals surface area contributed by atoms with Crippen LogP contribution in [0, 0.1) is 7.14 Å². The zero-order chi connectivity index (χ0) is 15.3. The maximum absolute atomic E-state index is 12.0. The summed E-state index contributed by atoms with van der Waals surface area (Å²) in [6.45, 7) is -1.57. The molecule has 6 heteroatoms. The Labute approximate surface area is 130 Å². The van der Waals surface area contributed by atoms with Crippen LogP contribution < -0.4 is 21.2 Å². The molecule has 0 aromatic heterocycles. The maximum atomic E-state index is 12.0. The number of rotatable bonds is 4. The van der Waals surface area contributed by atoms with Crippen molar-refractivity contribution in [3.8, 4) is 0 Å². The molecule has 0 atom stereocenters. The van der Waals surface area contributed by atoms with Crippen molar-refractivity contribution in [2.24, 2.45) is 0 Å². The summed E-state index contributed by atoms with van der Waals surface area (Å²) in [6, 6.07) is 16.3. The third-order valence-corrected chi connectivity index (χ3v) is 5.01. The van der Waals surface area contributed by atoms with Gasteiger partial charge in [-0.25, -0.2) is 4.79 Å². The molecular formula is C15H11F3IO2+. The van der Waals surface area contributed by atoms with Crippen LogP contribution in [0.25, 0.3) is 0 Å². The van der Waals surface area contributed by atoms with Gasteiger partial charge in [0.1, 0.15) is 0 Å². The fraction of sp³-hybridized carbons (Fsp3) is 0.133. The molecule has 2 aromatic carbocycles. The van der Waals surface area contributed by atoms with Crippen molar-refractivity contribution in [2.75, 3.05) is 6.61 Å². The second-order valence-electron chi connectivity index (χ2n) is 4.09. The van der Waals surface area contributed by atoms with E-state index >= 15 is 0 Å². The predicted molar refractivity (Wildman–Crippen MR) is 66.6 cm³/mol. The fourth-order valence-electron chi connectivity index (χ4n) is 1.51. The van der Waals surface area contributed by atoms with Gasteiger partial charge < -0.3 is 4.74 Å². The molecule has 0 saturated carbocycles. The Hall–Kier alpha value is -1.57. The molecular weight excluding hydrogens is 396 g/mol. The standard InChI is InChI=1S/C15H11F3IO2/c16-15(17,18)10-21-14(20)11-5-4-8-13(9-11)19-12-6-2-1-3-7-12/h1-9H,10H2/q+1. The average Bonchev–Trinajstić information content (AvgIpc) is 2.45. The molecule has 0 spiro atoms. The first-order chi connectivity index (χ1) is 9.94. The summed E-state index contributed by atoms with van der Waals surface area (Å²) in [5.41, 5.74) is 0.146. The molecule has 0 unspecified atom stereocenters. The normalized spacial score (nSPS) is 11.2. The van der Waals surface area contributed by atoms with Gasteiger partial charge in [-0.2, -0.15) is 13.2 Å². The van der Waals surface area contributed by atoms with Crippen molar-refractivity contribution >= 4 is 5.97 Å². The Morgan fingerprint density at radius 2 is 1.67 bits per heavy atom. The van der Waals surface area contributed by atoms with Crippen molar-refractivity contribution in [3.63, 3.8) is 0 Å². The quantitative estimate of drug-likeness (QED) is 0.547. The van der Waals surface area contributed by atoms with Crippen LogP contribution in [-0.2, 0) is 4.74 Å². The van der Waals surface area contributed by atoms with Crippen LogP contribution in [0.4, 0.5) is 13.2 Å². The van der Waals surface area contributed by atoms with Gasteiger partial charge in [0.15, 0.2) is 13.7 Å². The van der Waals surface area contributed by atoms with Crippen molar-refractivity contribution < 1.29 is 43.9 Å². The molecule has 0 N–H and O–H groups in total. The summed E-state index contributed by atoms with van der Waals surface area (Å²) in [6.07, 6.45) is -4.51. The summed E-state index contributed by atoms with van der Waals surface area (Å²) < 4.78 is 42.4. The van der Waals surface area contributed by atoms with Gasteiger partial charge in [-0.05, 0) is 24.3 Å². The minimum atomic E-state index is -4.51. The minimum absolute atomic E-state index is 0.146. The van der Waals surface area contributed by atoms with Crippen LogP contribution in [0.1, 0.15) is 10.4 Å². The lowest BCUT2D eigenvalue weighted by molar-refractivity contribution is -0.597. The van der Waals surface area contributed by atoms with E-state index in [-0.39, 0.29) is 5.56 Å². The number of hydrogen-bond acceptors (Lipinski definition) is 2. The SMILES string of the molecule is O=C(OCC(F)(F)F)c1cccc([I+]c2ccccc2)c1. The predicted octanol–water partition coefficient (Wildman–Crippen LogP) is 0.534. The van der Waals surface area contributed by atoms with E-state index in [4.69, 9.17) is 0 Å². The second-order valence-corrected chi connectivity index (χ2v) is 7.12. The van der Waals surface area contributed by atoms with Crippen molar-refractivity contribution in [1.29, 1.82) is 0 Å².